The molecule has 1 heterocycles. The van der Waals surface area contributed by atoms with Crippen molar-refractivity contribution in [2.45, 2.75) is 25.6 Å². The van der Waals surface area contributed by atoms with Gasteiger partial charge in [-0.15, -0.1) is 0 Å². The molecule has 0 radical (unpaired) electrons. The zero-order valence-corrected chi connectivity index (χ0v) is 11.1. The number of allylic oxidation sites excluding steroid dienone is 3. The van der Waals surface area contributed by atoms with Crippen LogP contribution in [0.3, 0.4) is 0 Å². The van der Waals surface area contributed by atoms with E-state index in [1.54, 1.807) is 6.08 Å². The summed E-state index contributed by atoms with van der Waals surface area (Å²) >= 11 is 0. The lowest BCUT2D eigenvalue weighted by atomic mass is 10.2. The van der Waals surface area contributed by atoms with Crippen molar-refractivity contribution in [1.82, 2.24) is 4.98 Å². The van der Waals surface area contributed by atoms with Crippen molar-refractivity contribution in [2.24, 2.45) is 0 Å². The Balaban J connectivity index is 2.03. The SMILES string of the molecule is O=C(Nc1cccc(CO)n1)C(F)(F)OC1=CCCC=C1. The van der Waals surface area contributed by atoms with Crippen molar-refractivity contribution in [1.29, 1.82) is 0 Å². The van der Waals surface area contributed by atoms with Crippen LogP contribution in [0.2, 0.25) is 0 Å². The Labute approximate surface area is 120 Å². The Hall–Kier alpha value is -2.28. The average Bonchev–Trinajstić information content (AvgIpc) is 2.48. The molecule has 7 heteroatoms. The molecule has 1 amide bonds. The number of amides is 1. The fraction of sp³-hybridized carbons (Fsp3) is 0.286. The summed E-state index contributed by atoms with van der Waals surface area (Å²) in [5.74, 6) is -1.74. The number of alkyl halides is 2. The van der Waals surface area contributed by atoms with Gasteiger partial charge in [0, 0.05) is 0 Å². The fourth-order valence-corrected chi connectivity index (χ4v) is 1.69. The third kappa shape index (κ3) is 4.09. The van der Waals surface area contributed by atoms with Gasteiger partial charge < -0.3 is 15.2 Å². The summed E-state index contributed by atoms with van der Waals surface area (Å²) in [6, 6.07) is 4.33. The Morgan fingerprint density at radius 2 is 2.24 bits per heavy atom. The molecular weight excluding hydrogens is 282 g/mol. The Bertz CT molecular complexity index is 585. The van der Waals surface area contributed by atoms with E-state index in [9.17, 15) is 13.6 Å². The first kappa shape index (κ1) is 15.1. The van der Waals surface area contributed by atoms with Crippen LogP contribution in [0, 0.1) is 0 Å². The lowest BCUT2D eigenvalue weighted by molar-refractivity contribution is -0.207. The maximum atomic E-state index is 13.7. The summed E-state index contributed by atoms with van der Waals surface area (Å²) in [5.41, 5.74) is 0.259. The molecule has 0 aliphatic heterocycles. The standard InChI is InChI=1S/C14H14F2N2O3/c15-14(16,21-11-6-2-1-3-7-11)13(20)18-12-8-4-5-10(9-19)17-12/h2,4-8,19H,1,3,9H2,(H,17,18,20). The maximum Gasteiger partial charge on any atom is 0.482 e. The van der Waals surface area contributed by atoms with Crippen LogP contribution in [0.4, 0.5) is 14.6 Å². The average molecular weight is 296 g/mol. The molecule has 21 heavy (non-hydrogen) atoms. The Kier molecular flexibility index (Phi) is 4.64. The summed E-state index contributed by atoms with van der Waals surface area (Å²) in [6.45, 7) is -0.353. The number of nitrogens with one attached hydrogen (secondary N) is 1. The predicted molar refractivity (Wildman–Crippen MR) is 71.3 cm³/mol. The fourth-order valence-electron chi connectivity index (χ4n) is 1.69. The molecule has 0 aromatic carbocycles. The zero-order valence-electron chi connectivity index (χ0n) is 11.1. The highest BCUT2D eigenvalue weighted by Crippen LogP contribution is 2.24. The molecule has 2 rings (SSSR count). The van der Waals surface area contributed by atoms with Crippen LogP contribution in [0.1, 0.15) is 18.5 Å². The highest BCUT2D eigenvalue weighted by atomic mass is 19.3. The van der Waals surface area contributed by atoms with E-state index in [0.717, 1.165) is 6.42 Å². The number of hydrogen-bond acceptors (Lipinski definition) is 4. The molecule has 1 aliphatic carbocycles. The van der Waals surface area contributed by atoms with Gasteiger partial charge in [-0.25, -0.2) is 4.98 Å². The number of ether oxygens (including phenoxy) is 1. The topological polar surface area (TPSA) is 71.5 Å². The summed E-state index contributed by atoms with van der Waals surface area (Å²) in [4.78, 5) is 15.4. The number of nitrogens with zero attached hydrogens (tertiary/aromatic N) is 1. The largest absolute Gasteiger partial charge is 0.482 e. The highest BCUT2D eigenvalue weighted by molar-refractivity contribution is 5.94. The van der Waals surface area contributed by atoms with Gasteiger partial charge in [0.25, 0.3) is 0 Å². The highest BCUT2D eigenvalue weighted by Gasteiger charge is 2.42. The second-order valence-electron chi connectivity index (χ2n) is 4.33. The van der Waals surface area contributed by atoms with E-state index >= 15 is 0 Å². The number of anilines is 1. The van der Waals surface area contributed by atoms with Crippen molar-refractivity contribution in [2.75, 3.05) is 5.32 Å². The minimum absolute atomic E-state index is 0.0431. The third-order valence-corrected chi connectivity index (χ3v) is 2.68. The van der Waals surface area contributed by atoms with Gasteiger partial charge in [-0.3, -0.25) is 4.79 Å². The summed E-state index contributed by atoms with van der Waals surface area (Å²) in [5, 5.41) is 10.9. The van der Waals surface area contributed by atoms with Crippen molar-refractivity contribution in [3.63, 3.8) is 0 Å². The number of pyridine rings is 1. The van der Waals surface area contributed by atoms with E-state index in [1.807, 2.05) is 5.32 Å². The third-order valence-electron chi connectivity index (χ3n) is 2.68. The van der Waals surface area contributed by atoms with E-state index in [1.165, 1.54) is 30.4 Å². The number of aliphatic hydroxyl groups is 1. The van der Waals surface area contributed by atoms with E-state index in [-0.39, 0.29) is 23.9 Å². The maximum absolute atomic E-state index is 13.7. The van der Waals surface area contributed by atoms with Crippen LogP contribution in [0.5, 0.6) is 0 Å². The van der Waals surface area contributed by atoms with Crippen LogP contribution in [0.25, 0.3) is 0 Å². The van der Waals surface area contributed by atoms with Gasteiger partial charge >= 0.3 is 12.0 Å². The van der Waals surface area contributed by atoms with E-state index in [4.69, 9.17) is 5.11 Å². The number of hydrogen-bond donors (Lipinski definition) is 2. The zero-order chi connectivity index (χ0) is 15.3. The van der Waals surface area contributed by atoms with Crippen LogP contribution in [-0.4, -0.2) is 22.1 Å². The molecule has 1 aliphatic rings. The second kappa shape index (κ2) is 6.45. The summed E-state index contributed by atoms with van der Waals surface area (Å²) in [7, 11) is 0. The molecule has 1 aromatic rings. The quantitative estimate of drug-likeness (QED) is 0.875. The molecule has 0 saturated heterocycles. The van der Waals surface area contributed by atoms with Crippen LogP contribution in [0.15, 0.2) is 42.2 Å². The molecule has 0 saturated carbocycles. The molecule has 0 unspecified atom stereocenters. The van der Waals surface area contributed by atoms with Gasteiger partial charge in [-0.05, 0) is 37.1 Å². The molecule has 0 bridgehead atoms. The number of carbonyl (C=O) groups is 1. The number of aliphatic hydroxyl groups excluding tert-OH is 1. The smallest absolute Gasteiger partial charge is 0.426 e. The van der Waals surface area contributed by atoms with Gasteiger partial charge in [0.1, 0.15) is 11.6 Å². The van der Waals surface area contributed by atoms with Crippen LogP contribution >= 0.6 is 0 Å². The van der Waals surface area contributed by atoms with Gasteiger partial charge in [-0.2, -0.15) is 8.78 Å². The lowest BCUT2D eigenvalue weighted by Gasteiger charge is -2.18. The molecule has 5 nitrogen and oxygen atoms in total. The predicted octanol–water partition coefficient (Wildman–Crippen LogP) is 2.36. The van der Waals surface area contributed by atoms with Gasteiger partial charge in [0.15, 0.2) is 0 Å². The first-order chi connectivity index (χ1) is 10.0. The van der Waals surface area contributed by atoms with E-state index in [2.05, 4.69) is 9.72 Å². The van der Waals surface area contributed by atoms with Crippen molar-refractivity contribution in [3.8, 4) is 0 Å². The summed E-state index contributed by atoms with van der Waals surface area (Å²) in [6.07, 6.45) is 1.91. The minimum atomic E-state index is -4.01. The normalized spacial score (nSPS) is 14.5. The molecule has 112 valence electrons. The second-order valence-corrected chi connectivity index (χ2v) is 4.33. The van der Waals surface area contributed by atoms with Crippen LogP contribution < -0.4 is 5.32 Å². The van der Waals surface area contributed by atoms with E-state index < -0.39 is 12.0 Å². The van der Waals surface area contributed by atoms with Crippen molar-refractivity contribution < 1.29 is 23.4 Å². The first-order valence-electron chi connectivity index (χ1n) is 6.33. The van der Waals surface area contributed by atoms with Gasteiger partial charge in [-0.1, -0.05) is 12.1 Å². The Morgan fingerprint density at radius 3 is 2.90 bits per heavy atom. The number of rotatable bonds is 5. The number of halogens is 2. The molecular formula is C14H14F2N2O3. The first-order valence-corrected chi connectivity index (χ1v) is 6.33. The molecule has 1 aromatic heterocycles. The van der Waals surface area contributed by atoms with Crippen molar-refractivity contribution in [3.05, 3.63) is 47.9 Å². The van der Waals surface area contributed by atoms with Crippen molar-refractivity contribution >= 4 is 11.7 Å². The number of aromatic nitrogens is 1. The molecule has 0 fully saturated rings. The van der Waals surface area contributed by atoms with Gasteiger partial charge in [0.2, 0.25) is 0 Å². The number of carbonyl (C=O) groups excluding carboxylic acids is 1. The molecule has 2 N–H and O–H groups in total. The molecule has 0 atom stereocenters. The van der Waals surface area contributed by atoms with Gasteiger partial charge in [0.05, 0.1) is 12.3 Å². The Morgan fingerprint density at radius 1 is 1.43 bits per heavy atom. The monoisotopic (exact) mass is 296 g/mol. The molecule has 0 spiro atoms. The van der Waals surface area contributed by atoms with Crippen LogP contribution in [-0.2, 0) is 16.1 Å². The summed E-state index contributed by atoms with van der Waals surface area (Å²) < 4.78 is 31.8. The minimum Gasteiger partial charge on any atom is -0.426 e. The van der Waals surface area contributed by atoms with E-state index in [0.29, 0.717) is 6.42 Å². The lowest BCUT2D eigenvalue weighted by Crippen LogP contribution is -2.37.